The molecule has 0 unspecified atom stereocenters. The quantitative estimate of drug-likeness (QED) is 0.621. The lowest BCUT2D eigenvalue weighted by Crippen LogP contribution is -2.02. The van der Waals surface area contributed by atoms with Crippen LogP contribution in [0.4, 0.5) is 15.8 Å². The van der Waals surface area contributed by atoms with Crippen LogP contribution in [0.1, 0.15) is 5.56 Å². The second-order valence-corrected chi connectivity index (χ2v) is 4.42. The van der Waals surface area contributed by atoms with Crippen molar-refractivity contribution in [2.24, 2.45) is 0 Å². The van der Waals surface area contributed by atoms with Gasteiger partial charge in [-0.05, 0) is 18.6 Å². The number of alkyl halides is 1. The van der Waals surface area contributed by atoms with Crippen LogP contribution >= 0.6 is 23.5 Å². The maximum Gasteiger partial charge on any atom is 0.119 e. The highest BCUT2D eigenvalue weighted by Crippen LogP contribution is 2.37. The average molecular weight is 232 g/mol. The second-order valence-electron chi connectivity index (χ2n) is 2.72. The fourth-order valence-corrected chi connectivity index (χ4v) is 2.43. The second kappa shape index (κ2) is 4.79. The molecule has 4 N–H and O–H groups in total. The Hall–Kier alpha value is -0.550. The van der Waals surface area contributed by atoms with Crippen LogP contribution in [-0.4, -0.2) is 12.5 Å². The highest BCUT2D eigenvalue weighted by Gasteiger charge is 2.12. The summed E-state index contributed by atoms with van der Waals surface area (Å²) in [6.45, 7) is -0.611. The summed E-state index contributed by atoms with van der Waals surface area (Å²) in [6.07, 6.45) is 3.82. The third kappa shape index (κ3) is 1.93. The average Bonchev–Trinajstić information content (AvgIpc) is 2.19. The molecule has 0 saturated carbocycles. The Labute approximate surface area is 91.6 Å². The van der Waals surface area contributed by atoms with Crippen molar-refractivity contribution in [2.75, 3.05) is 24.0 Å². The Morgan fingerprint density at radius 1 is 1.14 bits per heavy atom. The van der Waals surface area contributed by atoms with Gasteiger partial charge in [-0.1, -0.05) is 0 Å². The van der Waals surface area contributed by atoms with Crippen LogP contribution in [0.15, 0.2) is 15.9 Å². The summed E-state index contributed by atoms with van der Waals surface area (Å²) in [4.78, 5) is 1.77. The minimum absolute atomic E-state index is 0.418. The van der Waals surface area contributed by atoms with Crippen LogP contribution in [0.2, 0.25) is 0 Å². The van der Waals surface area contributed by atoms with Gasteiger partial charge in [-0.15, -0.1) is 23.5 Å². The SMILES string of the molecule is CSc1cc(SC)c(N)c(CF)c1N. The Bertz CT molecular complexity index is 314. The first-order valence-corrected chi connectivity index (χ1v) is 6.45. The van der Waals surface area contributed by atoms with Crippen LogP contribution < -0.4 is 11.5 Å². The van der Waals surface area contributed by atoms with E-state index in [0.717, 1.165) is 9.79 Å². The van der Waals surface area contributed by atoms with E-state index < -0.39 is 6.67 Å². The number of nitrogen functional groups attached to an aromatic ring is 2. The minimum atomic E-state index is -0.611. The zero-order valence-corrected chi connectivity index (χ0v) is 9.77. The van der Waals surface area contributed by atoms with Gasteiger partial charge in [0.15, 0.2) is 0 Å². The minimum Gasteiger partial charge on any atom is -0.397 e. The molecule has 14 heavy (non-hydrogen) atoms. The molecule has 1 aromatic rings. The van der Waals surface area contributed by atoms with Crippen LogP contribution in [-0.2, 0) is 6.67 Å². The topological polar surface area (TPSA) is 52.0 Å². The van der Waals surface area contributed by atoms with Gasteiger partial charge < -0.3 is 11.5 Å². The van der Waals surface area contributed by atoms with E-state index in [1.54, 1.807) is 0 Å². The van der Waals surface area contributed by atoms with E-state index in [-0.39, 0.29) is 0 Å². The standard InChI is InChI=1S/C9H13FN2S2/c1-13-6-3-7(14-2)9(12)5(4-10)8(6)11/h3H,4,11-12H2,1-2H3. The lowest BCUT2D eigenvalue weighted by molar-refractivity contribution is 0.486. The van der Waals surface area contributed by atoms with Crippen molar-refractivity contribution in [3.8, 4) is 0 Å². The maximum atomic E-state index is 12.7. The number of hydrogen-bond donors (Lipinski definition) is 2. The molecular formula is C9H13FN2S2. The molecule has 78 valence electrons. The molecule has 0 heterocycles. The van der Waals surface area contributed by atoms with E-state index >= 15 is 0 Å². The first kappa shape index (κ1) is 11.5. The van der Waals surface area contributed by atoms with Crippen molar-refractivity contribution >= 4 is 34.9 Å². The third-order valence-corrected chi connectivity index (χ3v) is 3.57. The summed E-state index contributed by atoms with van der Waals surface area (Å²) in [6, 6.07) is 1.90. The van der Waals surface area contributed by atoms with E-state index in [1.165, 1.54) is 23.5 Å². The van der Waals surface area contributed by atoms with E-state index in [4.69, 9.17) is 11.5 Å². The van der Waals surface area contributed by atoms with E-state index in [2.05, 4.69) is 0 Å². The number of hydrogen-bond acceptors (Lipinski definition) is 4. The molecule has 0 bridgehead atoms. The molecular weight excluding hydrogens is 219 g/mol. The van der Waals surface area contributed by atoms with Crippen LogP contribution in [0.25, 0.3) is 0 Å². The van der Waals surface area contributed by atoms with Crippen molar-refractivity contribution < 1.29 is 4.39 Å². The van der Waals surface area contributed by atoms with Gasteiger partial charge in [0.1, 0.15) is 6.67 Å². The van der Waals surface area contributed by atoms with Gasteiger partial charge in [0.25, 0.3) is 0 Å². The molecule has 0 aromatic heterocycles. The van der Waals surface area contributed by atoms with Crippen LogP contribution in [0, 0.1) is 0 Å². The smallest absolute Gasteiger partial charge is 0.119 e. The van der Waals surface area contributed by atoms with Gasteiger partial charge in [-0.25, -0.2) is 4.39 Å². The van der Waals surface area contributed by atoms with Gasteiger partial charge in [0.05, 0.1) is 11.4 Å². The van der Waals surface area contributed by atoms with Crippen molar-refractivity contribution in [1.82, 2.24) is 0 Å². The van der Waals surface area contributed by atoms with Crippen molar-refractivity contribution in [3.63, 3.8) is 0 Å². The van der Waals surface area contributed by atoms with Crippen molar-refractivity contribution in [2.45, 2.75) is 16.5 Å². The molecule has 0 radical (unpaired) electrons. The zero-order chi connectivity index (χ0) is 10.7. The molecule has 1 aromatic carbocycles. The first-order chi connectivity index (χ1) is 6.65. The molecule has 0 aliphatic heterocycles. The lowest BCUT2D eigenvalue weighted by Gasteiger charge is -2.13. The predicted molar refractivity (Wildman–Crippen MR) is 63.6 cm³/mol. The fraction of sp³-hybridized carbons (Fsp3) is 0.333. The number of nitrogens with two attached hydrogens (primary N) is 2. The van der Waals surface area contributed by atoms with Crippen molar-refractivity contribution in [1.29, 1.82) is 0 Å². The van der Waals surface area contributed by atoms with E-state index in [9.17, 15) is 4.39 Å². The van der Waals surface area contributed by atoms with Gasteiger partial charge in [0, 0.05) is 15.4 Å². The Morgan fingerprint density at radius 2 is 1.57 bits per heavy atom. The molecule has 0 atom stereocenters. The van der Waals surface area contributed by atoms with Gasteiger partial charge in [-0.2, -0.15) is 0 Å². The molecule has 0 saturated heterocycles. The maximum absolute atomic E-state index is 12.7. The van der Waals surface area contributed by atoms with Crippen molar-refractivity contribution in [3.05, 3.63) is 11.6 Å². The Balaban J connectivity index is 3.39. The number of rotatable bonds is 3. The van der Waals surface area contributed by atoms with Gasteiger partial charge >= 0.3 is 0 Å². The monoisotopic (exact) mass is 232 g/mol. The summed E-state index contributed by atoms with van der Waals surface area (Å²) in [7, 11) is 0. The molecule has 0 fully saturated rings. The summed E-state index contributed by atoms with van der Waals surface area (Å²) < 4.78 is 12.7. The largest absolute Gasteiger partial charge is 0.397 e. The molecule has 5 heteroatoms. The molecule has 0 aliphatic carbocycles. The van der Waals surface area contributed by atoms with Gasteiger partial charge in [-0.3, -0.25) is 0 Å². The molecule has 1 rings (SSSR count). The Kier molecular flexibility index (Phi) is 3.95. The predicted octanol–water partition coefficient (Wildman–Crippen LogP) is 2.76. The lowest BCUT2D eigenvalue weighted by atomic mass is 10.1. The highest BCUT2D eigenvalue weighted by molar-refractivity contribution is 7.99. The summed E-state index contributed by atoms with van der Waals surface area (Å²) in [5, 5.41) is 0. The van der Waals surface area contributed by atoms with Crippen LogP contribution in [0.3, 0.4) is 0 Å². The van der Waals surface area contributed by atoms with Crippen LogP contribution in [0.5, 0.6) is 0 Å². The first-order valence-electron chi connectivity index (χ1n) is 4.00. The molecule has 0 aliphatic rings. The fourth-order valence-electron chi connectivity index (χ4n) is 1.20. The zero-order valence-electron chi connectivity index (χ0n) is 8.13. The normalized spacial score (nSPS) is 10.5. The molecule has 0 spiro atoms. The number of benzene rings is 1. The highest BCUT2D eigenvalue weighted by atomic mass is 32.2. The molecule has 2 nitrogen and oxygen atoms in total. The van der Waals surface area contributed by atoms with E-state index in [1.807, 2.05) is 18.6 Å². The molecule has 0 amide bonds. The van der Waals surface area contributed by atoms with E-state index in [0.29, 0.717) is 16.9 Å². The third-order valence-electron chi connectivity index (χ3n) is 2.02. The Morgan fingerprint density at radius 3 is 1.86 bits per heavy atom. The summed E-state index contributed by atoms with van der Waals surface area (Å²) in [5.41, 5.74) is 12.9. The summed E-state index contributed by atoms with van der Waals surface area (Å²) >= 11 is 3.01. The number of thioether (sulfide) groups is 2. The number of anilines is 2. The summed E-state index contributed by atoms with van der Waals surface area (Å²) in [5.74, 6) is 0. The van der Waals surface area contributed by atoms with Gasteiger partial charge in [0.2, 0.25) is 0 Å². The number of halogens is 1.